The molecular weight excluding hydrogens is 480 g/mol. The Morgan fingerprint density at radius 1 is 0.903 bits per heavy atom. The molecule has 0 aromatic heterocycles. The number of ether oxygens (including phenoxy) is 1. The van der Waals surface area contributed by atoms with Crippen LogP contribution >= 0.6 is 15.9 Å². The van der Waals surface area contributed by atoms with Gasteiger partial charge in [-0.15, -0.1) is 0 Å². The molecule has 0 heterocycles. The first-order valence-electron chi connectivity index (χ1n) is 9.25. The lowest BCUT2D eigenvalue weighted by Gasteiger charge is -2.19. The number of Topliss-reactive ketones (excluding diaryl/α,β-unsaturated/α-hetero) is 1. The fourth-order valence-electron chi connectivity index (χ4n) is 3.18. The maximum Gasteiger partial charge on any atom is 0.282 e. The third kappa shape index (κ3) is 4.30. The van der Waals surface area contributed by atoms with Crippen molar-refractivity contribution in [1.82, 2.24) is 0 Å². The molecule has 4 rings (SSSR count). The Morgan fingerprint density at radius 3 is 2.26 bits per heavy atom. The maximum atomic E-state index is 13.1. The van der Waals surface area contributed by atoms with Crippen LogP contribution in [0, 0.1) is 0 Å². The monoisotopic (exact) mass is 496 g/mol. The number of methoxy groups -OCH3 is 1. The molecule has 0 aliphatic heterocycles. The van der Waals surface area contributed by atoms with E-state index >= 15 is 0 Å². The van der Waals surface area contributed by atoms with Crippen LogP contribution in [0.15, 0.2) is 98.3 Å². The molecule has 0 atom stereocenters. The average molecular weight is 497 g/mol. The predicted molar refractivity (Wildman–Crippen MR) is 123 cm³/mol. The highest BCUT2D eigenvalue weighted by Gasteiger charge is 2.26. The Hall–Kier alpha value is -3.23. The zero-order valence-electron chi connectivity index (χ0n) is 16.4. The van der Waals surface area contributed by atoms with E-state index in [0.717, 1.165) is 4.47 Å². The number of fused-ring (bicyclic) bond motifs is 1. The van der Waals surface area contributed by atoms with Gasteiger partial charge < -0.3 is 10.1 Å². The number of nitrogens with zero attached hydrogens (tertiary/aromatic N) is 1. The summed E-state index contributed by atoms with van der Waals surface area (Å²) < 4.78 is 36.0. The number of benzene rings is 3. The van der Waals surface area contributed by atoms with Crippen LogP contribution < -0.4 is 10.1 Å². The Balaban J connectivity index is 1.82. The van der Waals surface area contributed by atoms with Gasteiger partial charge >= 0.3 is 0 Å². The number of nitrogens with one attached hydrogen (secondary N) is 1. The van der Waals surface area contributed by atoms with Gasteiger partial charge in [-0.25, -0.2) is 0 Å². The van der Waals surface area contributed by atoms with Crippen molar-refractivity contribution >= 4 is 43.1 Å². The zero-order valence-corrected chi connectivity index (χ0v) is 18.8. The lowest BCUT2D eigenvalue weighted by Crippen LogP contribution is -2.22. The van der Waals surface area contributed by atoms with Gasteiger partial charge in [-0.1, -0.05) is 52.3 Å². The molecule has 0 radical (unpaired) electrons. The molecule has 0 spiro atoms. The molecule has 0 saturated heterocycles. The number of anilines is 1. The van der Waals surface area contributed by atoms with Crippen LogP contribution in [-0.2, 0) is 10.0 Å². The fourth-order valence-corrected chi connectivity index (χ4v) is 4.44. The fraction of sp³-hybridized carbons (Fsp3) is 0.0435. The van der Waals surface area contributed by atoms with Crippen LogP contribution in [0.1, 0.15) is 15.9 Å². The summed E-state index contributed by atoms with van der Waals surface area (Å²) in [6.07, 6.45) is 1.45. The SMILES string of the molecule is COc1ccccc1NC1=CC(=NS(=O)(=O)c2ccc(Br)cc2)c2ccccc2C1=O. The lowest BCUT2D eigenvalue weighted by atomic mass is 9.92. The summed E-state index contributed by atoms with van der Waals surface area (Å²) in [4.78, 5) is 13.1. The van der Waals surface area contributed by atoms with Gasteiger partial charge in [-0.2, -0.15) is 12.8 Å². The molecule has 0 unspecified atom stereocenters. The highest BCUT2D eigenvalue weighted by atomic mass is 79.9. The van der Waals surface area contributed by atoms with E-state index in [9.17, 15) is 13.2 Å². The molecular formula is C23H17BrN2O4S. The van der Waals surface area contributed by atoms with E-state index in [1.54, 1.807) is 54.6 Å². The number of carbonyl (C=O) groups is 1. The first kappa shape index (κ1) is 21.0. The molecule has 1 aliphatic rings. The highest BCUT2D eigenvalue weighted by Crippen LogP contribution is 2.29. The summed E-state index contributed by atoms with van der Waals surface area (Å²) in [5.74, 6) is 0.289. The maximum absolute atomic E-state index is 13.1. The minimum atomic E-state index is -3.99. The van der Waals surface area contributed by atoms with Crippen molar-refractivity contribution in [2.24, 2.45) is 4.40 Å². The standard InChI is InChI=1S/C23H17BrN2O4S/c1-30-22-9-5-4-8-19(22)25-21-14-20(17-6-2-3-7-18(17)23(21)27)26-31(28,29)16-12-10-15(24)11-13-16/h2-14,25H,1H3. The Kier molecular flexibility index (Phi) is 5.75. The molecule has 0 amide bonds. The molecule has 156 valence electrons. The second-order valence-corrected chi connectivity index (χ2v) is 9.18. The molecule has 1 aliphatic carbocycles. The normalized spacial score (nSPS) is 14.7. The van der Waals surface area contributed by atoms with Crippen LogP contribution in [0.3, 0.4) is 0 Å². The van der Waals surface area contributed by atoms with Crippen molar-refractivity contribution in [2.75, 3.05) is 12.4 Å². The van der Waals surface area contributed by atoms with Gasteiger partial charge in [0.1, 0.15) is 5.75 Å². The van der Waals surface area contributed by atoms with Crippen molar-refractivity contribution in [1.29, 1.82) is 0 Å². The van der Waals surface area contributed by atoms with Gasteiger partial charge in [-0.05, 0) is 42.5 Å². The number of para-hydroxylation sites is 2. The summed E-state index contributed by atoms with van der Waals surface area (Å²) in [5.41, 5.74) is 1.79. The molecule has 31 heavy (non-hydrogen) atoms. The molecule has 0 saturated carbocycles. The van der Waals surface area contributed by atoms with Gasteiger partial charge in [0.25, 0.3) is 10.0 Å². The minimum absolute atomic E-state index is 0.0604. The number of hydrogen-bond donors (Lipinski definition) is 1. The van der Waals surface area contributed by atoms with Gasteiger partial charge in [0, 0.05) is 15.6 Å². The third-order valence-electron chi connectivity index (χ3n) is 4.68. The summed E-state index contributed by atoms with van der Waals surface area (Å²) in [7, 11) is -2.45. The molecule has 3 aromatic rings. The Bertz CT molecular complexity index is 1330. The van der Waals surface area contributed by atoms with E-state index < -0.39 is 10.0 Å². The molecule has 0 fully saturated rings. The quantitative estimate of drug-likeness (QED) is 0.546. The first-order chi connectivity index (χ1) is 14.9. The molecule has 1 N–H and O–H groups in total. The first-order valence-corrected chi connectivity index (χ1v) is 11.5. The van der Waals surface area contributed by atoms with E-state index in [-0.39, 0.29) is 22.1 Å². The topological polar surface area (TPSA) is 84.8 Å². The largest absolute Gasteiger partial charge is 0.495 e. The predicted octanol–water partition coefficient (Wildman–Crippen LogP) is 4.83. The summed E-state index contributed by atoms with van der Waals surface area (Å²) in [6.45, 7) is 0. The second kappa shape index (κ2) is 8.49. The Labute approximate surface area is 188 Å². The van der Waals surface area contributed by atoms with Crippen molar-refractivity contribution in [3.8, 4) is 5.75 Å². The number of halogens is 1. The molecule has 0 bridgehead atoms. The van der Waals surface area contributed by atoms with E-state index in [0.29, 0.717) is 22.6 Å². The van der Waals surface area contributed by atoms with Gasteiger partial charge in [0.15, 0.2) is 0 Å². The van der Waals surface area contributed by atoms with E-state index in [4.69, 9.17) is 4.74 Å². The van der Waals surface area contributed by atoms with Crippen LogP contribution in [0.2, 0.25) is 0 Å². The van der Waals surface area contributed by atoms with Gasteiger partial charge in [-0.3, -0.25) is 4.79 Å². The van der Waals surface area contributed by atoms with E-state index in [1.807, 2.05) is 6.07 Å². The van der Waals surface area contributed by atoms with Gasteiger partial charge in [0.05, 0.1) is 29.1 Å². The number of ketones is 1. The second-order valence-electron chi connectivity index (χ2n) is 6.66. The molecule has 8 heteroatoms. The van der Waals surface area contributed by atoms with Crippen LogP contribution in [-0.4, -0.2) is 27.0 Å². The number of carbonyl (C=O) groups excluding carboxylic acids is 1. The summed E-state index contributed by atoms with van der Waals surface area (Å²) in [5, 5.41) is 3.06. The van der Waals surface area contributed by atoms with Crippen LogP contribution in [0.4, 0.5) is 5.69 Å². The number of hydrogen-bond acceptors (Lipinski definition) is 5. The van der Waals surface area contributed by atoms with Crippen LogP contribution in [0.25, 0.3) is 0 Å². The van der Waals surface area contributed by atoms with Crippen LogP contribution in [0.5, 0.6) is 5.75 Å². The van der Waals surface area contributed by atoms with Crippen molar-refractivity contribution in [2.45, 2.75) is 4.90 Å². The zero-order chi connectivity index (χ0) is 22.0. The molecule has 6 nitrogen and oxygen atoms in total. The minimum Gasteiger partial charge on any atom is -0.495 e. The third-order valence-corrected chi connectivity index (χ3v) is 6.51. The summed E-state index contributed by atoms with van der Waals surface area (Å²) in [6, 6.07) is 20.2. The average Bonchev–Trinajstić information content (AvgIpc) is 2.77. The van der Waals surface area contributed by atoms with Gasteiger partial charge in [0.2, 0.25) is 5.78 Å². The van der Waals surface area contributed by atoms with Crippen molar-refractivity contribution < 1.29 is 17.9 Å². The molecule has 3 aromatic carbocycles. The number of rotatable bonds is 5. The highest BCUT2D eigenvalue weighted by molar-refractivity contribution is 9.10. The van der Waals surface area contributed by atoms with E-state index in [1.165, 1.54) is 25.3 Å². The number of sulfonamides is 1. The Morgan fingerprint density at radius 2 is 1.55 bits per heavy atom. The lowest BCUT2D eigenvalue weighted by molar-refractivity contribution is 0.103. The van der Waals surface area contributed by atoms with E-state index in [2.05, 4.69) is 25.6 Å². The van der Waals surface area contributed by atoms with Crippen molar-refractivity contribution in [3.05, 3.63) is 100 Å². The number of allylic oxidation sites excluding steroid dienone is 2. The summed E-state index contributed by atoms with van der Waals surface area (Å²) >= 11 is 3.29. The smallest absolute Gasteiger partial charge is 0.282 e. The van der Waals surface area contributed by atoms with Crippen molar-refractivity contribution in [3.63, 3.8) is 0 Å².